The molecule has 0 aliphatic rings. The number of rotatable bonds is 6. The van der Waals surface area contributed by atoms with Gasteiger partial charge in [0.25, 0.3) is 5.91 Å². The first-order chi connectivity index (χ1) is 12.3. The number of anilines is 1. The van der Waals surface area contributed by atoms with Gasteiger partial charge in [0.2, 0.25) is 0 Å². The molecule has 0 atom stereocenters. The van der Waals surface area contributed by atoms with E-state index in [-0.39, 0.29) is 24.0 Å². The smallest absolute Gasteiger partial charge is 0.319 e. The molecule has 1 aromatic heterocycles. The lowest BCUT2D eigenvalue weighted by Crippen LogP contribution is -2.36. The van der Waals surface area contributed by atoms with Gasteiger partial charge in [0.15, 0.2) is 0 Å². The maximum atomic E-state index is 13.0. The van der Waals surface area contributed by atoms with Crippen LogP contribution < -0.4 is 10.6 Å². The summed E-state index contributed by atoms with van der Waals surface area (Å²) < 4.78 is 1.72. The van der Waals surface area contributed by atoms with Crippen molar-refractivity contribution in [3.05, 3.63) is 47.8 Å². The molecule has 0 saturated heterocycles. The summed E-state index contributed by atoms with van der Waals surface area (Å²) in [4.78, 5) is 26.6. The number of urea groups is 1. The van der Waals surface area contributed by atoms with Crippen molar-refractivity contribution < 1.29 is 9.59 Å². The lowest BCUT2D eigenvalue weighted by Gasteiger charge is -2.26. The maximum Gasteiger partial charge on any atom is 0.319 e. The number of nitrogens with zero attached hydrogens (tertiary/aromatic N) is 3. The molecule has 1 aromatic carbocycles. The van der Waals surface area contributed by atoms with E-state index in [4.69, 9.17) is 0 Å². The number of aromatic nitrogens is 2. The molecule has 0 aliphatic carbocycles. The topological polar surface area (TPSA) is 79.3 Å². The van der Waals surface area contributed by atoms with Crippen LogP contribution in [0.5, 0.6) is 0 Å². The van der Waals surface area contributed by atoms with E-state index < -0.39 is 0 Å². The number of benzene rings is 1. The van der Waals surface area contributed by atoms with Gasteiger partial charge < -0.3 is 15.5 Å². The Bertz CT molecular complexity index is 767. The van der Waals surface area contributed by atoms with Crippen LogP contribution in [0, 0.1) is 0 Å². The Hall–Kier alpha value is -2.83. The quantitative estimate of drug-likeness (QED) is 0.834. The minimum atomic E-state index is -0.291. The maximum absolute atomic E-state index is 13.0. The minimum absolute atomic E-state index is 0.0311. The van der Waals surface area contributed by atoms with Gasteiger partial charge in [0.05, 0.1) is 6.20 Å². The summed E-state index contributed by atoms with van der Waals surface area (Å²) in [5, 5.41) is 9.67. The highest BCUT2D eigenvalue weighted by Gasteiger charge is 2.20. The number of carbonyl (C=O) groups is 2. The Balaban J connectivity index is 2.15. The molecule has 2 rings (SSSR count). The van der Waals surface area contributed by atoms with Crippen LogP contribution in [-0.2, 0) is 13.6 Å². The van der Waals surface area contributed by atoms with Crippen LogP contribution in [-0.4, -0.2) is 38.7 Å². The Morgan fingerprint density at radius 1 is 1.23 bits per heavy atom. The Morgan fingerprint density at radius 3 is 2.54 bits per heavy atom. The molecule has 2 aromatic rings. The van der Waals surface area contributed by atoms with E-state index in [1.807, 2.05) is 40.9 Å². The van der Waals surface area contributed by atoms with Gasteiger partial charge in [-0.2, -0.15) is 5.10 Å². The summed E-state index contributed by atoms with van der Waals surface area (Å²) >= 11 is 0. The van der Waals surface area contributed by atoms with Crippen LogP contribution >= 0.6 is 0 Å². The van der Waals surface area contributed by atoms with Crippen LogP contribution in [0.3, 0.4) is 0 Å². The molecule has 7 nitrogen and oxygen atoms in total. The van der Waals surface area contributed by atoms with Gasteiger partial charge in [-0.3, -0.25) is 9.48 Å². The number of hydrogen-bond acceptors (Lipinski definition) is 3. The van der Waals surface area contributed by atoms with Crippen molar-refractivity contribution in [2.75, 3.05) is 5.32 Å². The van der Waals surface area contributed by atoms with Crippen molar-refractivity contribution in [3.63, 3.8) is 0 Å². The molecule has 7 heteroatoms. The molecule has 0 unspecified atom stereocenters. The second-order valence-corrected chi connectivity index (χ2v) is 6.88. The molecule has 26 heavy (non-hydrogen) atoms. The normalized spacial score (nSPS) is 10.9. The Morgan fingerprint density at radius 2 is 1.96 bits per heavy atom. The number of carbonyl (C=O) groups excluding carboxylic acids is 2. The summed E-state index contributed by atoms with van der Waals surface area (Å²) in [6, 6.07) is 6.76. The lowest BCUT2D eigenvalue weighted by atomic mass is 10.1. The fraction of sp³-hybridized carbons (Fsp3) is 0.421. The predicted octanol–water partition coefficient (Wildman–Crippen LogP) is 3.00. The van der Waals surface area contributed by atoms with Crippen LogP contribution in [0.2, 0.25) is 0 Å². The zero-order valence-electron chi connectivity index (χ0n) is 16.0. The zero-order chi connectivity index (χ0) is 19.3. The van der Waals surface area contributed by atoms with E-state index in [2.05, 4.69) is 15.7 Å². The Labute approximate surface area is 154 Å². The van der Waals surface area contributed by atoms with E-state index in [1.54, 1.807) is 40.0 Å². The van der Waals surface area contributed by atoms with Gasteiger partial charge in [0.1, 0.15) is 0 Å². The highest BCUT2D eigenvalue weighted by atomic mass is 16.2. The van der Waals surface area contributed by atoms with Gasteiger partial charge in [-0.1, -0.05) is 6.07 Å². The molecule has 140 valence electrons. The summed E-state index contributed by atoms with van der Waals surface area (Å²) in [5.74, 6) is -0.0863. The third-order valence-electron chi connectivity index (χ3n) is 3.78. The summed E-state index contributed by atoms with van der Waals surface area (Å²) in [7, 11) is 1.85. The van der Waals surface area contributed by atoms with Crippen molar-refractivity contribution in [2.24, 2.45) is 7.05 Å². The third kappa shape index (κ3) is 5.34. The minimum Gasteiger partial charge on any atom is -0.336 e. The fourth-order valence-corrected chi connectivity index (χ4v) is 2.56. The number of nitrogens with one attached hydrogen (secondary N) is 2. The molecule has 0 radical (unpaired) electrons. The SMILES string of the molecule is CC(C)NC(=O)Nc1cccc(C(=O)N(Cc2cnn(C)c2)C(C)C)c1. The van der Waals surface area contributed by atoms with Crippen molar-refractivity contribution in [2.45, 2.75) is 46.3 Å². The second kappa shape index (κ2) is 8.51. The van der Waals surface area contributed by atoms with E-state index >= 15 is 0 Å². The van der Waals surface area contributed by atoms with Crippen LogP contribution in [0.1, 0.15) is 43.6 Å². The lowest BCUT2D eigenvalue weighted by molar-refractivity contribution is 0.0690. The standard InChI is InChI=1S/C19H27N5O2/c1-13(2)21-19(26)22-17-8-6-7-16(9-17)18(25)24(14(3)4)12-15-10-20-23(5)11-15/h6-11,13-14H,12H2,1-5H3,(H2,21,22,26). The predicted molar refractivity (Wildman–Crippen MR) is 102 cm³/mol. The first kappa shape index (κ1) is 19.5. The Kier molecular flexibility index (Phi) is 6.38. The van der Waals surface area contributed by atoms with Gasteiger partial charge >= 0.3 is 6.03 Å². The molecule has 0 aliphatic heterocycles. The summed E-state index contributed by atoms with van der Waals surface area (Å²) in [6.07, 6.45) is 3.66. The number of hydrogen-bond donors (Lipinski definition) is 2. The molecule has 2 N–H and O–H groups in total. The van der Waals surface area contributed by atoms with E-state index in [9.17, 15) is 9.59 Å². The second-order valence-electron chi connectivity index (χ2n) is 6.88. The van der Waals surface area contributed by atoms with E-state index in [0.717, 1.165) is 5.56 Å². The van der Waals surface area contributed by atoms with Crippen molar-refractivity contribution in [1.29, 1.82) is 0 Å². The first-order valence-electron chi connectivity index (χ1n) is 8.72. The molecular formula is C19H27N5O2. The molecule has 0 bridgehead atoms. The molecule has 0 spiro atoms. The molecule has 0 fully saturated rings. The first-order valence-corrected chi connectivity index (χ1v) is 8.72. The largest absolute Gasteiger partial charge is 0.336 e. The molecular weight excluding hydrogens is 330 g/mol. The van der Waals surface area contributed by atoms with Gasteiger partial charge in [-0.25, -0.2) is 4.79 Å². The van der Waals surface area contributed by atoms with Crippen LogP contribution in [0.25, 0.3) is 0 Å². The molecule has 0 saturated carbocycles. The summed E-state index contributed by atoms with van der Waals surface area (Å²) in [6.45, 7) is 8.21. The molecule has 3 amide bonds. The number of amides is 3. The molecule has 1 heterocycles. The van der Waals surface area contributed by atoms with E-state index in [1.165, 1.54) is 0 Å². The monoisotopic (exact) mass is 357 g/mol. The summed E-state index contributed by atoms with van der Waals surface area (Å²) in [5.41, 5.74) is 2.09. The average Bonchev–Trinajstić information content (AvgIpc) is 2.96. The van der Waals surface area contributed by atoms with E-state index in [0.29, 0.717) is 17.8 Å². The van der Waals surface area contributed by atoms with Gasteiger partial charge in [-0.05, 0) is 45.9 Å². The average molecular weight is 357 g/mol. The van der Waals surface area contributed by atoms with Crippen LogP contribution in [0.4, 0.5) is 10.5 Å². The highest BCUT2D eigenvalue weighted by Crippen LogP contribution is 2.16. The highest BCUT2D eigenvalue weighted by molar-refractivity contribution is 5.97. The van der Waals surface area contributed by atoms with Crippen LogP contribution in [0.15, 0.2) is 36.7 Å². The van der Waals surface area contributed by atoms with Crippen molar-refractivity contribution in [3.8, 4) is 0 Å². The van der Waals surface area contributed by atoms with Gasteiger partial charge in [0, 0.05) is 48.7 Å². The zero-order valence-corrected chi connectivity index (χ0v) is 16.0. The third-order valence-corrected chi connectivity index (χ3v) is 3.78. The van der Waals surface area contributed by atoms with Crippen molar-refractivity contribution >= 4 is 17.6 Å². The fourth-order valence-electron chi connectivity index (χ4n) is 2.56. The van der Waals surface area contributed by atoms with Crippen molar-refractivity contribution in [1.82, 2.24) is 20.0 Å². The van der Waals surface area contributed by atoms with Gasteiger partial charge in [-0.15, -0.1) is 0 Å². The number of aryl methyl sites for hydroxylation is 1.